The van der Waals surface area contributed by atoms with Crippen molar-refractivity contribution in [1.82, 2.24) is 20.1 Å². The minimum Gasteiger partial charge on any atom is -0.376 e. The molecule has 182 valence electrons. The fourth-order valence-electron chi connectivity index (χ4n) is 5.09. The van der Waals surface area contributed by atoms with E-state index in [1.54, 1.807) is 0 Å². The van der Waals surface area contributed by atoms with E-state index in [4.69, 9.17) is 4.74 Å². The van der Waals surface area contributed by atoms with Gasteiger partial charge in [0.1, 0.15) is 12.6 Å². The predicted octanol–water partition coefficient (Wildman–Crippen LogP) is 0.826. The average Bonchev–Trinajstić information content (AvgIpc) is 3.58. The van der Waals surface area contributed by atoms with Crippen molar-refractivity contribution in [3.8, 4) is 0 Å². The van der Waals surface area contributed by atoms with Gasteiger partial charge in [-0.2, -0.15) is 0 Å². The highest BCUT2D eigenvalue weighted by molar-refractivity contribution is 7.91. The van der Waals surface area contributed by atoms with E-state index in [0.29, 0.717) is 19.4 Å². The summed E-state index contributed by atoms with van der Waals surface area (Å²) in [6.07, 6.45) is 3.99. The molecule has 0 spiro atoms. The monoisotopic (exact) mass is 488 g/mol. The van der Waals surface area contributed by atoms with Crippen molar-refractivity contribution in [3.05, 3.63) is 36.0 Å². The number of carbonyl (C=O) groups is 3. The van der Waals surface area contributed by atoms with Gasteiger partial charge in [-0.05, 0) is 30.9 Å². The number of rotatable bonds is 7. The first-order valence-corrected chi connectivity index (χ1v) is 13.4. The van der Waals surface area contributed by atoms with Crippen molar-refractivity contribution >= 4 is 38.6 Å². The molecule has 34 heavy (non-hydrogen) atoms. The number of ether oxygens (including phenoxy) is 1. The second-order valence-corrected chi connectivity index (χ2v) is 11.5. The Morgan fingerprint density at radius 2 is 2.03 bits per heavy atom. The van der Waals surface area contributed by atoms with E-state index < -0.39 is 46.3 Å². The van der Waals surface area contributed by atoms with E-state index in [1.807, 2.05) is 30.5 Å². The van der Waals surface area contributed by atoms with Gasteiger partial charge in [0, 0.05) is 42.7 Å². The predicted molar refractivity (Wildman–Crippen MR) is 124 cm³/mol. The Kier molecular flexibility index (Phi) is 6.07. The summed E-state index contributed by atoms with van der Waals surface area (Å²) in [7, 11) is -3.21. The van der Waals surface area contributed by atoms with Crippen LogP contribution in [0.2, 0.25) is 0 Å². The zero-order valence-electron chi connectivity index (χ0n) is 18.7. The quantitative estimate of drug-likeness (QED) is 0.556. The molecule has 5 rings (SSSR count). The summed E-state index contributed by atoms with van der Waals surface area (Å²) in [5, 5.41) is 3.67. The second-order valence-electron chi connectivity index (χ2n) is 9.23. The lowest BCUT2D eigenvalue weighted by Crippen LogP contribution is -2.50. The van der Waals surface area contributed by atoms with Gasteiger partial charge in [-0.3, -0.25) is 14.5 Å². The van der Waals surface area contributed by atoms with Crippen molar-refractivity contribution in [1.29, 1.82) is 0 Å². The molecule has 2 aromatic rings. The number of hydrogen-bond acceptors (Lipinski definition) is 6. The van der Waals surface area contributed by atoms with E-state index in [2.05, 4.69) is 10.3 Å². The van der Waals surface area contributed by atoms with Crippen molar-refractivity contribution in [2.75, 3.05) is 31.2 Å². The highest BCUT2D eigenvalue weighted by atomic mass is 32.2. The minimum absolute atomic E-state index is 0.0306. The first-order chi connectivity index (χ1) is 16.3. The maximum absolute atomic E-state index is 13.3. The number of hydrogen-bond donors (Lipinski definition) is 2. The van der Waals surface area contributed by atoms with Crippen LogP contribution in [0.4, 0.5) is 4.79 Å². The standard InChI is InChI=1S/C23H28N4O6S/c28-21(26(12-17-4-3-8-33-17)16-7-9-34(31,32)14-16)13-27-22(29)20(25-23(27)30)10-15-11-24-19-6-2-1-5-18(15)19/h1-2,5-6,11,16-17,20,24H,3-4,7-10,12-14H2,(H,25,30)/t16-,17-,20+/m0/s1. The lowest BCUT2D eigenvalue weighted by molar-refractivity contribution is -0.139. The molecular weight excluding hydrogens is 460 g/mol. The molecule has 3 aliphatic rings. The fraction of sp³-hybridized carbons (Fsp3) is 0.522. The molecule has 3 aliphatic heterocycles. The molecule has 4 heterocycles. The second kappa shape index (κ2) is 9.03. The number of aromatic amines is 1. The summed E-state index contributed by atoms with van der Waals surface area (Å²) in [5.74, 6) is -0.967. The van der Waals surface area contributed by atoms with E-state index in [-0.39, 0.29) is 24.2 Å². The van der Waals surface area contributed by atoms with Gasteiger partial charge in [0.05, 0.1) is 17.6 Å². The molecule has 2 N–H and O–H groups in total. The molecule has 3 saturated heterocycles. The zero-order chi connectivity index (χ0) is 23.9. The SMILES string of the molecule is O=C1N[C@H](Cc2c[nH]c3ccccc23)C(=O)N1CC(=O)N(C[C@@H]1CCCO1)[C@H]1CCS(=O)(=O)C1. The van der Waals surface area contributed by atoms with Gasteiger partial charge < -0.3 is 19.9 Å². The number of sulfone groups is 1. The first-order valence-electron chi connectivity index (χ1n) is 11.6. The molecular formula is C23H28N4O6S. The molecule has 0 radical (unpaired) electrons. The van der Waals surface area contributed by atoms with Crippen LogP contribution in [0, 0.1) is 0 Å². The summed E-state index contributed by atoms with van der Waals surface area (Å²) in [5.41, 5.74) is 1.84. The minimum atomic E-state index is -3.21. The number of H-pyrrole nitrogens is 1. The number of fused-ring (bicyclic) bond motifs is 1. The Labute approximate surface area is 197 Å². The number of nitrogens with one attached hydrogen (secondary N) is 2. The van der Waals surface area contributed by atoms with Crippen LogP contribution >= 0.6 is 0 Å². The fourth-order valence-corrected chi connectivity index (χ4v) is 6.83. The summed E-state index contributed by atoms with van der Waals surface area (Å²) in [6.45, 7) is 0.456. The van der Waals surface area contributed by atoms with Gasteiger partial charge in [0.2, 0.25) is 5.91 Å². The average molecular weight is 489 g/mol. The Morgan fingerprint density at radius 3 is 2.76 bits per heavy atom. The van der Waals surface area contributed by atoms with E-state index >= 15 is 0 Å². The van der Waals surface area contributed by atoms with Crippen LogP contribution in [0.5, 0.6) is 0 Å². The Bertz CT molecular complexity index is 1220. The van der Waals surface area contributed by atoms with Crippen LogP contribution in [0.3, 0.4) is 0 Å². The summed E-state index contributed by atoms with van der Waals surface area (Å²) in [4.78, 5) is 44.5. The van der Waals surface area contributed by atoms with Gasteiger partial charge >= 0.3 is 6.03 Å². The van der Waals surface area contributed by atoms with Crippen molar-refractivity contribution in [3.63, 3.8) is 0 Å². The highest BCUT2D eigenvalue weighted by Crippen LogP contribution is 2.24. The lowest BCUT2D eigenvalue weighted by Gasteiger charge is -2.31. The van der Waals surface area contributed by atoms with Crippen LogP contribution in [-0.2, 0) is 30.6 Å². The van der Waals surface area contributed by atoms with Crippen molar-refractivity contribution < 1.29 is 27.5 Å². The van der Waals surface area contributed by atoms with Gasteiger partial charge in [-0.15, -0.1) is 0 Å². The van der Waals surface area contributed by atoms with Gasteiger partial charge in [-0.25, -0.2) is 13.2 Å². The van der Waals surface area contributed by atoms with Gasteiger partial charge in [0.15, 0.2) is 9.84 Å². The smallest absolute Gasteiger partial charge is 0.325 e. The topological polar surface area (TPSA) is 129 Å². The third-order valence-electron chi connectivity index (χ3n) is 6.89. The molecule has 4 amide bonds. The van der Waals surface area contributed by atoms with Crippen molar-refractivity contribution in [2.24, 2.45) is 0 Å². The highest BCUT2D eigenvalue weighted by Gasteiger charge is 2.42. The molecule has 1 aromatic heterocycles. The molecule has 0 saturated carbocycles. The molecule has 0 bridgehead atoms. The maximum Gasteiger partial charge on any atom is 0.325 e. The van der Waals surface area contributed by atoms with Crippen LogP contribution in [0.1, 0.15) is 24.8 Å². The van der Waals surface area contributed by atoms with Gasteiger partial charge in [-0.1, -0.05) is 18.2 Å². The lowest BCUT2D eigenvalue weighted by atomic mass is 10.1. The number of nitrogens with zero attached hydrogens (tertiary/aromatic N) is 2. The number of carbonyl (C=O) groups excluding carboxylic acids is 3. The van der Waals surface area contributed by atoms with E-state index in [1.165, 1.54) is 4.90 Å². The largest absolute Gasteiger partial charge is 0.376 e. The third kappa shape index (κ3) is 4.54. The van der Waals surface area contributed by atoms with Crippen LogP contribution in [0.25, 0.3) is 10.9 Å². The van der Waals surface area contributed by atoms with Crippen LogP contribution in [0.15, 0.2) is 30.5 Å². The molecule has 10 nitrogen and oxygen atoms in total. The number of imide groups is 1. The van der Waals surface area contributed by atoms with E-state index in [0.717, 1.165) is 34.2 Å². The van der Waals surface area contributed by atoms with Crippen LogP contribution < -0.4 is 5.32 Å². The van der Waals surface area contributed by atoms with Crippen LogP contribution in [-0.4, -0.2) is 90.4 Å². The molecule has 1 aromatic carbocycles. The Morgan fingerprint density at radius 1 is 1.21 bits per heavy atom. The number of aromatic nitrogens is 1. The summed E-state index contributed by atoms with van der Waals surface area (Å²) < 4.78 is 29.7. The number of amides is 4. The summed E-state index contributed by atoms with van der Waals surface area (Å²) in [6, 6.07) is 5.86. The normalized spacial score (nSPS) is 26.4. The Hall–Kier alpha value is -2.92. The molecule has 3 fully saturated rings. The van der Waals surface area contributed by atoms with E-state index in [9.17, 15) is 22.8 Å². The maximum atomic E-state index is 13.3. The number of urea groups is 1. The number of para-hydroxylation sites is 1. The molecule has 0 unspecified atom stereocenters. The first kappa shape index (κ1) is 22.9. The molecule has 0 aliphatic carbocycles. The number of benzene rings is 1. The molecule has 3 atom stereocenters. The van der Waals surface area contributed by atoms with Gasteiger partial charge in [0.25, 0.3) is 5.91 Å². The zero-order valence-corrected chi connectivity index (χ0v) is 19.6. The summed E-state index contributed by atoms with van der Waals surface area (Å²) >= 11 is 0. The Balaban J connectivity index is 1.29. The molecule has 11 heteroatoms. The van der Waals surface area contributed by atoms with Crippen molar-refractivity contribution in [2.45, 2.75) is 43.9 Å². The third-order valence-corrected chi connectivity index (χ3v) is 8.64.